The van der Waals surface area contributed by atoms with Crippen LogP contribution in [0.5, 0.6) is 5.88 Å². The van der Waals surface area contributed by atoms with Crippen LogP contribution in [0.25, 0.3) is 10.9 Å². The number of hydrogen-bond donors (Lipinski definition) is 0. The van der Waals surface area contributed by atoms with Gasteiger partial charge in [0, 0.05) is 17.6 Å². The molecular formula is C23H28ClN3O. The molecule has 0 amide bonds. The minimum Gasteiger partial charge on any atom is -0.476 e. The molecule has 0 spiro atoms. The van der Waals surface area contributed by atoms with Gasteiger partial charge in [-0.2, -0.15) is 0 Å². The number of aromatic nitrogens is 2. The molecule has 0 unspecified atom stereocenters. The molecular weight excluding hydrogens is 370 g/mol. The fraction of sp³-hybridized carbons (Fsp3) is 0.435. The van der Waals surface area contributed by atoms with Crippen molar-refractivity contribution in [1.29, 1.82) is 0 Å². The zero-order valence-electron chi connectivity index (χ0n) is 16.5. The van der Waals surface area contributed by atoms with Crippen LogP contribution in [-0.2, 0) is 6.54 Å². The van der Waals surface area contributed by atoms with E-state index in [0.29, 0.717) is 13.2 Å². The van der Waals surface area contributed by atoms with Crippen molar-refractivity contribution in [2.75, 3.05) is 19.7 Å². The monoisotopic (exact) mass is 397 g/mol. The zero-order chi connectivity index (χ0) is 19.3. The molecule has 148 valence electrons. The van der Waals surface area contributed by atoms with Gasteiger partial charge in [0.2, 0.25) is 5.88 Å². The van der Waals surface area contributed by atoms with Crippen LogP contribution in [0.4, 0.5) is 0 Å². The third-order valence-corrected chi connectivity index (χ3v) is 5.92. The Hall–Kier alpha value is -2.04. The molecule has 4 nitrogen and oxygen atoms in total. The van der Waals surface area contributed by atoms with Gasteiger partial charge in [-0.05, 0) is 62.1 Å². The second-order valence-electron chi connectivity index (χ2n) is 7.55. The molecule has 0 bridgehead atoms. The van der Waals surface area contributed by atoms with Crippen LogP contribution >= 0.6 is 11.6 Å². The first-order valence-electron chi connectivity index (χ1n) is 10.3. The first-order chi connectivity index (χ1) is 13.7. The third kappa shape index (κ3) is 4.34. The summed E-state index contributed by atoms with van der Waals surface area (Å²) in [6.45, 7) is 6.04. The van der Waals surface area contributed by atoms with Gasteiger partial charge in [-0.15, -0.1) is 5.10 Å². The number of ether oxygens (including phenoxy) is 1. The average molecular weight is 398 g/mol. The number of para-hydroxylation sites is 1. The molecule has 28 heavy (non-hydrogen) atoms. The summed E-state index contributed by atoms with van der Waals surface area (Å²) in [6.07, 6.45) is 4.96. The van der Waals surface area contributed by atoms with E-state index in [0.717, 1.165) is 40.8 Å². The lowest BCUT2D eigenvalue weighted by atomic mass is 10.2. The highest BCUT2D eigenvalue weighted by atomic mass is 35.5. The van der Waals surface area contributed by atoms with Gasteiger partial charge in [-0.3, -0.25) is 4.68 Å². The fourth-order valence-electron chi connectivity index (χ4n) is 4.18. The average Bonchev–Trinajstić information content (AvgIpc) is 3.32. The summed E-state index contributed by atoms with van der Waals surface area (Å²) in [5, 5.41) is 6.58. The fourth-order valence-corrected chi connectivity index (χ4v) is 4.30. The van der Waals surface area contributed by atoms with Gasteiger partial charge < -0.3 is 9.64 Å². The molecule has 0 saturated carbocycles. The summed E-state index contributed by atoms with van der Waals surface area (Å²) >= 11 is 6.00. The minimum atomic E-state index is 0.701. The standard InChI is InChI=1S/C23H28ClN3O/c1-2-20-7-5-14-26(20)15-6-16-28-23-21-8-3-4-9-22(21)27(25-23)17-18-10-12-19(24)13-11-18/h3-4,8-13,20H,2,5-7,14-17H2,1H3/t20-/m1/s1. The van der Waals surface area contributed by atoms with E-state index >= 15 is 0 Å². The Labute approximate surface area is 172 Å². The van der Waals surface area contributed by atoms with E-state index in [2.05, 4.69) is 24.0 Å². The van der Waals surface area contributed by atoms with E-state index < -0.39 is 0 Å². The van der Waals surface area contributed by atoms with Gasteiger partial charge in [-0.1, -0.05) is 42.8 Å². The molecule has 0 aliphatic carbocycles. The quantitative estimate of drug-likeness (QED) is 0.478. The van der Waals surface area contributed by atoms with Crippen molar-refractivity contribution in [2.24, 2.45) is 0 Å². The molecule has 2 aromatic carbocycles. The lowest BCUT2D eigenvalue weighted by Crippen LogP contribution is -2.30. The highest BCUT2D eigenvalue weighted by molar-refractivity contribution is 6.30. The normalized spacial score (nSPS) is 17.4. The Bertz CT molecular complexity index is 906. The van der Waals surface area contributed by atoms with Crippen LogP contribution in [0.15, 0.2) is 48.5 Å². The Morgan fingerprint density at radius 1 is 1.14 bits per heavy atom. The van der Waals surface area contributed by atoms with Gasteiger partial charge in [0.25, 0.3) is 0 Å². The second kappa shape index (κ2) is 8.97. The molecule has 1 aromatic heterocycles. The van der Waals surface area contributed by atoms with Crippen molar-refractivity contribution in [3.63, 3.8) is 0 Å². The van der Waals surface area contributed by atoms with Gasteiger partial charge in [0.05, 0.1) is 24.1 Å². The molecule has 1 saturated heterocycles. The molecule has 3 aromatic rings. The Morgan fingerprint density at radius 3 is 2.79 bits per heavy atom. The van der Waals surface area contributed by atoms with Crippen molar-refractivity contribution in [1.82, 2.24) is 14.7 Å². The number of benzene rings is 2. The van der Waals surface area contributed by atoms with E-state index in [1.54, 1.807) is 0 Å². The summed E-state index contributed by atoms with van der Waals surface area (Å²) in [5.74, 6) is 0.734. The van der Waals surface area contributed by atoms with Crippen LogP contribution in [0.1, 0.15) is 38.2 Å². The van der Waals surface area contributed by atoms with E-state index in [9.17, 15) is 0 Å². The van der Waals surface area contributed by atoms with Crippen molar-refractivity contribution >= 4 is 22.5 Å². The van der Waals surface area contributed by atoms with E-state index in [1.807, 2.05) is 41.1 Å². The molecule has 5 heteroatoms. The predicted molar refractivity (Wildman–Crippen MR) is 115 cm³/mol. The number of rotatable bonds is 8. The molecule has 1 atom stereocenters. The molecule has 2 heterocycles. The van der Waals surface area contributed by atoms with Crippen molar-refractivity contribution in [3.05, 3.63) is 59.1 Å². The predicted octanol–water partition coefficient (Wildman–Crippen LogP) is 5.38. The summed E-state index contributed by atoms with van der Waals surface area (Å²) in [7, 11) is 0. The smallest absolute Gasteiger partial charge is 0.240 e. The van der Waals surface area contributed by atoms with Gasteiger partial charge in [0.1, 0.15) is 0 Å². The Morgan fingerprint density at radius 2 is 1.96 bits per heavy atom. The van der Waals surface area contributed by atoms with E-state index in [1.165, 1.54) is 31.4 Å². The Kier molecular flexibility index (Phi) is 6.18. The van der Waals surface area contributed by atoms with Crippen LogP contribution in [0, 0.1) is 0 Å². The second-order valence-corrected chi connectivity index (χ2v) is 7.99. The van der Waals surface area contributed by atoms with E-state index in [-0.39, 0.29) is 0 Å². The maximum Gasteiger partial charge on any atom is 0.240 e. The highest BCUT2D eigenvalue weighted by Crippen LogP contribution is 2.26. The molecule has 0 radical (unpaired) electrons. The zero-order valence-corrected chi connectivity index (χ0v) is 17.2. The van der Waals surface area contributed by atoms with Crippen molar-refractivity contribution in [3.8, 4) is 5.88 Å². The number of halogens is 1. The maximum atomic E-state index is 6.11. The first-order valence-corrected chi connectivity index (χ1v) is 10.7. The maximum absolute atomic E-state index is 6.11. The molecule has 0 N–H and O–H groups in total. The summed E-state index contributed by atoms with van der Waals surface area (Å²) < 4.78 is 8.12. The van der Waals surface area contributed by atoms with Crippen LogP contribution < -0.4 is 4.74 Å². The number of likely N-dealkylation sites (tertiary alicyclic amines) is 1. The van der Waals surface area contributed by atoms with Crippen LogP contribution in [0.2, 0.25) is 5.02 Å². The van der Waals surface area contributed by atoms with Gasteiger partial charge in [0.15, 0.2) is 0 Å². The SMILES string of the molecule is CC[C@@H]1CCCN1CCCOc1nn(Cc2ccc(Cl)cc2)c2ccccc12. The topological polar surface area (TPSA) is 30.3 Å². The third-order valence-electron chi connectivity index (χ3n) is 5.67. The molecule has 1 aliphatic heterocycles. The minimum absolute atomic E-state index is 0.701. The first kappa shape index (κ1) is 19.3. The molecule has 4 rings (SSSR count). The van der Waals surface area contributed by atoms with Crippen LogP contribution in [0.3, 0.4) is 0 Å². The largest absolute Gasteiger partial charge is 0.476 e. The lowest BCUT2D eigenvalue weighted by Gasteiger charge is -2.22. The number of fused-ring (bicyclic) bond motifs is 1. The highest BCUT2D eigenvalue weighted by Gasteiger charge is 2.22. The van der Waals surface area contributed by atoms with E-state index in [4.69, 9.17) is 21.4 Å². The van der Waals surface area contributed by atoms with Crippen LogP contribution in [-0.4, -0.2) is 40.4 Å². The number of nitrogens with zero attached hydrogens (tertiary/aromatic N) is 3. The summed E-state index contributed by atoms with van der Waals surface area (Å²) in [5.41, 5.74) is 2.27. The lowest BCUT2D eigenvalue weighted by molar-refractivity contribution is 0.215. The van der Waals surface area contributed by atoms with Crippen molar-refractivity contribution < 1.29 is 4.74 Å². The van der Waals surface area contributed by atoms with Gasteiger partial charge in [-0.25, -0.2) is 0 Å². The Balaban J connectivity index is 1.42. The molecule has 1 aliphatic rings. The van der Waals surface area contributed by atoms with Crippen molar-refractivity contribution in [2.45, 2.75) is 45.2 Å². The number of hydrogen-bond acceptors (Lipinski definition) is 3. The van der Waals surface area contributed by atoms with Gasteiger partial charge >= 0.3 is 0 Å². The summed E-state index contributed by atoms with van der Waals surface area (Å²) in [6, 6.07) is 17.0. The molecule has 1 fully saturated rings. The summed E-state index contributed by atoms with van der Waals surface area (Å²) in [4.78, 5) is 2.61.